The molecule has 0 aliphatic heterocycles. The highest BCUT2D eigenvalue weighted by Gasteiger charge is 2.35. The van der Waals surface area contributed by atoms with E-state index in [-0.39, 0.29) is 23.5 Å². The van der Waals surface area contributed by atoms with Crippen LogP contribution in [0, 0.1) is 5.82 Å². The van der Waals surface area contributed by atoms with E-state index in [1.54, 1.807) is 42.5 Å². The maximum Gasteiger partial charge on any atom is 0.264 e. The van der Waals surface area contributed by atoms with E-state index in [9.17, 15) is 22.4 Å². The molecule has 0 heterocycles. The van der Waals surface area contributed by atoms with Crippen LogP contribution in [0.15, 0.2) is 114 Å². The third-order valence-electron chi connectivity index (χ3n) is 6.79. The van der Waals surface area contributed by atoms with Crippen LogP contribution < -0.4 is 9.62 Å². The Hall–Kier alpha value is -4.21. The SMILES string of the molecule is CC(C)(C)NC(=O)C(Cc1ccccc1)N(Cc1ccccc1Cl)C(=O)CN(c1ccc(F)cc1)S(=O)(=O)c1ccccc1. The second-order valence-electron chi connectivity index (χ2n) is 11.4. The molecular formula is C34H35ClFN3O4S. The van der Waals surface area contributed by atoms with Gasteiger partial charge in [0.1, 0.15) is 18.4 Å². The van der Waals surface area contributed by atoms with Gasteiger partial charge in [-0.15, -0.1) is 0 Å². The highest BCUT2D eigenvalue weighted by molar-refractivity contribution is 7.92. The van der Waals surface area contributed by atoms with Crippen LogP contribution in [0.2, 0.25) is 5.02 Å². The molecule has 0 aliphatic rings. The molecule has 0 saturated carbocycles. The number of rotatable bonds is 11. The number of amides is 2. The maximum absolute atomic E-state index is 14.4. The molecule has 0 aromatic heterocycles. The predicted octanol–water partition coefficient (Wildman–Crippen LogP) is 6.23. The summed E-state index contributed by atoms with van der Waals surface area (Å²) in [6, 6.07) is 27.8. The van der Waals surface area contributed by atoms with Crippen molar-refractivity contribution in [3.63, 3.8) is 0 Å². The van der Waals surface area contributed by atoms with Gasteiger partial charge in [0.05, 0.1) is 10.6 Å². The molecule has 1 unspecified atom stereocenters. The molecule has 0 fully saturated rings. The van der Waals surface area contributed by atoms with E-state index in [2.05, 4.69) is 5.32 Å². The van der Waals surface area contributed by atoms with Crippen LogP contribution >= 0.6 is 11.6 Å². The number of nitrogens with one attached hydrogen (secondary N) is 1. The van der Waals surface area contributed by atoms with Gasteiger partial charge in [-0.25, -0.2) is 12.8 Å². The number of carbonyl (C=O) groups is 2. The predicted molar refractivity (Wildman–Crippen MR) is 171 cm³/mol. The first-order valence-corrected chi connectivity index (χ1v) is 15.9. The average molecular weight is 636 g/mol. The Bertz CT molecular complexity index is 1680. The summed E-state index contributed by atoms with van der Waals surface area (Å²) >= 11 is 6.51. The first-order valence-electron chi connectivity index (χ1n) is 14.1. The highest BCUT2D eigenvalue weighted by atomic mass is 35.5. The fourth-order valence-electron chi connectivity index (χ4n) is 4.67. The van der Waals surface area contributed by atoms with Gasteiger partial charge in [-0.05, 0) is 74.4 Å². The molecule has 0 bridgehead atoms. The van der Waals surface area contributed by atoms with Gasteiger partial charge in [0.15, 0.2) is 0 Å². The van der Waals surface area contributed by atoms with Crippen LogP contribution in [0.25, 0.3) is 0 Å². The number of sulfonamides is 1. The summed E-state index contributed by atoms with van der Waals surface area (Å²) in [6.45, 7) is 4.81. The van der Waals surface area contributed by atoms with Gasteiger partial charge in [0, 0.05) is 23.5 Å². The van der Waals surface area contributed by atoms with E-state index in [0.717, 1.165) is 22.0 Å². The third kappa shape index (κ3) is 8.45. The molecule has 2 amide bonds. The largest absolute Gasteiger partial charge is 0.350 e. The van der Waals surface area contributed by atoms with Crippen molar-refractivity contribution in [3.05, 3.63) is 131 Å². The second kappa shape index (κ2) is 14.1. The Morgan fingerprint density at radius 2 is 1.41 bits per heavy atom. The Morgan fingerprint density at radius 3 is 2.00 bits per heavy atom. The quantitative estimate of drug-likeness (QED) is 0.212. The van der Waals surface area contributed by atoms with Gasteiger partial charge >= 0.3 is 0 Å². The van der Waals surface area contributed by atoms with Crippen molar-refractivity contribution in [2.45, 2.75) is 50.2 Å². The maximum atomic E-state index is 14.4. The Balaban J connectivity index is 1.82. The number of hydrogen-bond donors (Lipinski definition) is 1. The molecule has 4 aromatic carbocycles. The second-order valence-corrected chi connectivity index (χ2v) is 13.6. The molecule has 10 heteroatoms. The molecule has 44 heavy (non-hydrogen) atoms. The van der Waals surface area contributed by atoms with Crippen LogP contribution in [0.4, 0.5) is 10.1 Å². The van der Waals surface area contributed by atoms with Crippen LogP contribution in [0.1, 0.15) is 31.9 Å². The molecule has 1 N–H and O–H groups in total. The normalized spacial score (nSPS) is 12.3. The minimum atomic E-state index is -4.27. The molecule has 7 nitrogen and oxygen atoms in total. The molecule has 4 rings (SSSR count). The lowest BCUT2D eigenvalue weighted by atomic mass is 10.0. The van der Waals surface area contributed by atoms with E-state index >= 15 is 0 Å². The van der Waals surface area contributed by atoms with E-state index in [1.165, 1.54) is 29.2 Å². The van der Waals surface area contributed by atoms with Crippen molar-refractivity contribution in [2.24, 2.45) is 0 Å². The van der Waals surface area contributed by atoms with Crippen molar-refractivity contribution in [1.82, 2.24) is 10.2 Å². The first-order chi connectivity index (χ1) is 20.8. The third-order valence-corrected chi connectivity index (χ3v) is 8.95. The van der Waals surface area contributed by atoms with E-state index in [4.69, 9.17) is 11.6 Å². The Morgan fingerprint density at radius 1 is 0.841 bits per heavy atom. The monoisotopic (exact) mass is 635 g/mol. The number of benzene rings is 4. The minimum absolute atomic E-state index is 0.0407. The minimum Gasteiger partial charge on any atom is -0.350 e. The fourth-order valence-corrected chi connectivity index (χ4v) is 6.30. The fraction of sp³-hybridized carbons (Fsp3) is 0.235. The molecule has 1 atom stereocenters. The standard InChI is InChI=1S/C34H35ClFN3O4S/c1-34(2,3)37-33(41)31(22-25-12-6-4-7-13-25)38(23-26-14-10-11-17-30(26)35)32(40)24-39(28-20-18-27(36)19-21-28)44(42,43)29-15-8-5-9-16-29/h4-21,31H,22-24H2,1-3H3,(H,37,41). The lowest BCUT2D eigenvalue weighted by molar-refractivity contribution is -0.140. The van der Waals surface area contributed by atoms with Crippen LogP contribution in [-0.2, 0) is 32.6 Å². The van der Waals surface area contributed by atoms with Crippen LogP contribution in [0.3, 0.4) is 0 Å². The summed E-state index contributed by atoms with van der Waals surface area (Å²) in [5.74, 6) is -1.60. The molecule has 230 valence electrons. The zero-order valence-electron chi connectivity index (χ0n) is 24.8. The number of hydrogen-bond acceptors (Lipinski definition) is 4. The number of halogens is 2. The van der Waals surface area contributed by atoms with Crippen LogP contribution in [0.5, 0.6) is 0 Å². The highest BCUT2D eigenvalue weighted by Crippen LogP contribution is 2.26. The topological polar surface area (TPSA) is 86.8 Å². The zero-order chi connectivity index (χ0) is 31.9. The van der Waals surface area contributed by atoms with Crippen molar-refractivity contribution < 1.29 is 22.4 Å². The summed E-state index contributed by atoms with van der Waals surface area (Å²) in [6.07, 6.45) is 0.168. The molecule has 0 spiro atoms. The zero-order valence-corrected chi connectivity index (χ0v) is 26.4. The number of anilines is 1. The van der Waals surface area contributed by atoms with Gasteiger partial charge in [-0.1, -0.05) is 78.3 Å². The van der Waals surface area contributed by atoms with E-state index in [0.29, 0.717) is 10.6 Å². The van der Waals surface area contributed by atoms with Gasteiger partial charge < -0.3 is 10.2 Å². The van der Waals surface area contributed by atoms with Crippen molar-refractivity contribution in [1.29, 1.82) is 0 Å². The number of nitrogens with zero attached hydrogens (tertiary/aromatic N) is 2. The molecule has 0 saturated heterocycles. The summed E-state index contributed by atoms with van der Waals surface area (Å²) in [7, 11) is -4.27. The van der Waals surface area contributed by atoms with Crippen molar-refractivity contribution in [3.8, 4) is 0 Å². The molecule has 4 aromatic rings. The molecule has 0 radical (unpaired) electrons. The first kappa shape index (κ1) is 32.7. The van der Waals surface area contributed by atoms with Crippen LogP contribution in [-0.4, -0.2) is 43.3 Å². The van der Waals surface area contributed by atoms with Gasteiger partial charge in [-0.3, -0.25) is 13.9 Å². The van der Waals surface area contributed by atoms with Gasteiger partial charge in [0.25, 0.3) is 10.0 Å². The Labute approximate surface area is 263 Å². The Kier molecular flexibility index (Phi) is 10.4. The van der Waals surface area contributed by atoms with Crippen molar-refractivity contribution in [2.75, 3.05) is 10.8 Å². The lowest BCUT2D eigenvalue weighted by Crippen LogP contribution is -2.56. The average Bonchev–Trinajstić information content (AvgIpc) is 2.99. The van der Waals surface area contributed by atoms with Gasteiger partial charge in [-0.2, -0.15) is 0 Å². The van der Waals surface area contributed by atoms with E-state index < -0.39 is 45.8 Å². The lowest BCUT2D eigenvalue weighted by Gasteiger charge is -2.35. The van der Waals surface area contributed by atoms with Crippen molar-refractivity contribution >= 4 is 39.1 Å². The smallest absolute Gasteiger partial charge is 0.264 e. The summed E-state index contributed by atoms with van der Waals surface area (Å²) in [4.78, 5) is 29.6. The van der Waals surface area contributed by atoms with Gasteiger partial charge in [0.2, 0.25) is 11.8 Å². The molecule has 0 aliphatic carbocycles. The molecular weight excluding hydrogens is 601 g/mol. The number of carbonyl (C=O) groups excluding carboxylic acids is 2. The van der Waals surface area contributed by atoms with E-state index in [1.807, 2.05) is 51.1 Å². The summed E-state index contributed by atoms with van der Waals surface area (Å²) < 4.78 is 42.7. The summed E-state index contributed by atoms with van der Waals surface area (Å²) in [5, 5.41) is 3.38. The summed E-state index contributed by atoms with van der Waals surface area (Å²) in [5.41, 5.74) is 0.885.